The van der Waals surface area contributed by atoms with Crippen molar-refractivity contribution < 1.29 is 4.79 Å². The fourth-order valence-corrected chi connectivity index (χ4v) is 2.53. The highest BCUT2D eigenvalue weighted by molar-refractivity contribution is 5.81. The van der Waals surface area contributed by atoms with E-state index >= 15 is 0 Å². The first-order valence-corrected chi connectivity index (χ1v) is 7.11. The molecule has 0 radical (unpaired) electrons. The SMILES string of the molecule is Cc1nc2ccc(CC(=O)N[C@H](C)c3ncnn3C)cc2[nH]1. The number of carbonyl (C=O) groups excluding carboxylic acids is 1. The minimum atomic E-state index is -0.182. The lowest BCUT2D eigenvalue weighted by atomic mass is 10.1. The molecule has 2 N–H and O–H groups in total. The van der Waals surface area contributed by atoms with Crippen molar-refractivity contribution >= 4 is 16.9 Å². The predicted molar refractivity (Wildman–Crippen MR) is 82.1 cm³/mol. The lowest BCUT2D eigenvalue weighted by Gasteiger charge is -2.13. The molecule has 0 bridgehead atoms. The molecule has 1 atom stereocenters. The Bertz CT molecular complexity index is 818. The third-order valence-corrected chi connectivity index (χ3v) is 3.54. The molecule has 22 heavy (non-hydrogen) atoms. The number of fused-ring (bicyclic) bond motifs is 1. The van der Waals surface area contributed by atoms with E-state index in [-0.39, 0.29) is 11.9 Å². The molecule has 2 heterocycles. The van der Waals surface area contributed by atoms with Crippen molar-refractivity contribution in [2.24, 2.45) is 7.05 Å². The number of aromatic nitrogens is 5. The Kier molecular flexibility index (Phi) is 3.62. The first kappa shape index (κ1) is 14.2. The van der Waals surface area contributed by atoms with Crippen LogP contribution in [0.5, 0.6) is 0 Å². The Morgan fingerprint density at radius 1 is 1.45 bits per heavy atom. The van der Waals surface area contributed by atoms with Crippen molar-refractivity contribution in [2.75, 3.05) is 0 Å². The number of imidazole rings is 1. The van der Waals surface area contributed by atoms with E-state index in [2.05, 4.69) is 25.4 Å². The average molecular weight is 298 g/mol. The van der Waals surface area contributed by atoms with Crippen molar-refractivity contribution in [3.8, 4) is 0 Å². The first-order valence-electron chi connectivity index (χ1n) is 7.11. The molecular weight excluding hydrogens is 280 g/mol. The molecule has 0 unspecified atom stereocenters. The smallest absolute Gasteiger partial charge is 0.224 e. The van der Waals surface area contributed by atoms with Crippen molar-refractivity contribution in [3.05, 3.63) is 41.7 Å². The third-order valence-electron chi connectivity index (χ3n) is 3.54. The zero-order chi connectivity index (χ0) is 15.7. The van der Waals surface area contributed by atoms with E-state index in [1.807, 2.05) is 32.0 Å². The van der Waals surface area contributed by atoms with Crippen LogP contribution in [0.3, 0.4) is 0 Å². The summed E-state index contributed by atoms with van der Waals surface area (Å²) >= 11 is 0. The molecule has 1 aromatic carbocycles. The van der Waals surface area contributed by atoms with E-state index < -0.39 is 0 Å². The lowest BCUT2D eigenvalue weighted by molar-refractivity contribution is -0.121. The van der Waals surface area contributed by atoms with E-state index in [1.165, 1.54) is 6.33 Å². The Morgan fingerprint density at radius 2 is 2.27 bits per heavy atom. The highest BCUT2D eigenvalue weighted by Crippen LogP contribution is 2.14. The zero-order valence-corrected chi connectivity index (χ0v) is 12.8. The van der Waals surface area contributed by atoms with Gasteiger partial charge in [-0.15, -0.1) is 0 Å². The number of aryl methyl sites for hydroxylation is 2. The maximum atomic E-state index is 12.2. The number of nitrogens with zero attached hydrogens (tertiary/aromatic N) is 4. The lowest BCUT2D eigenvalue weighted by Crippen LogP contribution is -2.29. The number of hydrogen-bond acceptors (Lipinski definition) is 4. The van der Waals surface area contributed by atoms with Crippen LogP contribution >= 0.6 is 0 Å². The highest BCUT2D eigenvalue weighted by atomic mass is 16.1. The van der Waals surface area contributed by atoms with Crippen LogP contribution in [-0.4, -0.2) is 30.6 Å². The largest absolute Gasteiger partial charge is 0.346 e. The molecule has 0 spiro atoms. The molecule has 0 saturated carbocycles. The zero-order valence-electron chi connectivity index (χ0n) is 12.8. The quantitative estimate of drug-likeness (QED) is 0.762. The summed E-state index contributed by atoms with van der Waals surface area (Å²) in [5.74, 6) is 1.55. The van der Waals surface area contributed by atoms with Crippen LogP contribution in [0.15, 0.2) is 24.5 Å². The maximum Gasteiger partial charge on any atom is 0.224 e. The molecule has 0 aliphatic rings. The van der Waals surface area contributed by atoms with Crippen molar-refractivity contribution in [1.29, 1.82) is 0 Å². The third kappa shape index (κ3) is 2.83. The maximum absolute atomic E-state index is 12.2. The molecule has 2 aromatic heterocycles. The standard InChI is InChI=1S/C15H18N6O/c1-9(15-16-8-17-21(15)3)18-14(22)7-11-4-5-12-13(6-11)20-10(2)19-12/h4-6,8-9H,7H2,1-3H3,(H,18,22)(H,19,20)/t9-/m1/s1. The number of carbonyl (C=O) groups is 1. The second kappa shape index (κ2) is 5.59. The fourth-order valence-electron chi connectivity index (χ4n) is 2.53. The fraction of sp³-hybridized carbons (Fsp3) is 0.333. The van der Waals surface area contributed by atoms with E-state index in [1.54, 1.807) is 11.7 Å². The summed E-state index contributed by atoms with van der Waals surface area (Å²) in [6.07, 6.45) is 1.79. The average Bonchev–Trinajstić information content (AvgIpc) is 3.02. The van der Waals surface area contributed by atoms with Gasteiger partial charge in [-0.3, -0.25) is 9.48 Å². The first-order chi connectivity index (χ1) is 10.5. The van der Waals surface area contributed by atoms with Gasteiger partial charge in [-0.25, -0.2) is 9.97 Å². The van der Waals surface area contributed by atoms with Gasteiger partial charge in [0, 0.05) is 7.05 Å². The normalized spacial score (nSPS) is 12.5. The Labute approximate surface area is 127 Å². The Balaban J connectivity index is 1.68. The molecule has 0 fully saturated rings. The van der Waals surface area contributed by atoms with E-state index in [0.717, 1.165) is 28.2 Å². The molecule has 0 saturated heterocycles. The summed E-state index contributed by atoms with van der Waals surface area (Å²) < 4.78 is 1.66. The topological polar surface area (TPSA) is 88.5 Å². The number of amides is 1. The van der Waals surface area contributed by atoms with Gasteiger partial charge in [0.2, 0.25) is 5.91 Å². The van der Waals surface area contributed by atoms with Gasteiger partial charge < -0.3 is 10.3 Å². The second-order valence-electron chi connectivity index (χ2n) is 5.38. The van der Waals surface area contributed by atoms with Gasteiger partial charge in [-0.1, -0.05) is 6.07 Å². The van der Waals surface area contributed by atoms with Gasteiger partial charge in [0.1, 0.15) is 18.0 Å². The van der Waals surface area contributed by atoms with Crippen LogP contribution in [0, 0.1) is 6.92 Å². The molecule has 0 aliphatic carbocycles. The Morgan fingerprint density at radius 3 is 3.00 bits per heavy atom. The predicted octanol–water partition coefficient (Wildman–Crippen LogP) is 1.42. The van der Waals surface area contributed by atoms with Crippen LogP contribution < -0.4 is 5.32 Å². The van der Waals surface area contributed by atoms with Crippen molar-refractivity contribution in [1.82, 2.24) is 30.0 Å². The van der Waals surface area contributed by atoms with Crippen molar-refractivity contribution in [3.63, 3.8) is 0 Å². The van der Waals surface area contributed by atoms with Gasteiger partial charge in [0.25, 0.3) is 0 Å². The minimum Gasteiger partial charge on any atom is -0.346 e. The van der Waals surface area contributed by atoms with Crippen LogP contribution in [-0.2, 0) is 18.3 Å². The van der Waals surface area contributed by atoms with Crippen LogP contribution in [0.4, 0.5) is 0 Å². The number of aromatic amines is 1. The van der Waals surface area contributed by atoms with Gasteiger partial charge >= 0.3 is 0 Å². The number of H-pyrrole nitrogens is 1. The highest BCUT2D eigenvalue weighted by Gasteiger charge is 2.14. The number of benzene rings is 1. The summed E-state index contributed by atoms with van der Waals surface area (Å²) in [7, 11) is 1.81. The molecule has 1 amide bonds. The summed E-state index contributed by atoms with van der Waals surface area (Å²) in [4.78, 5) is 23.8. The van der Waals surface area contributed by atoms with Gasteiger partial charge in [0.05, 0.1) is 23.5 Å². The second-order valence-corrected chi connectivity index (χ2v) is 5.38. The van der Waals surface area contributed by atoms with Crippen LogP contribution in [0.25, 0.3) is 11.0 Å². The van der Waals surface area contributed by atoms with E-state index in [0.29, 0.717) is 6.42 Å². The summed E-state index contributed by atoms with van der Waals surface area (Å²) in [6, 6.07) is 5.63. The molecule has 3 aromatic rings. The Hall–Kier alpha value is -2.70. The molecule has 7 heteroatoms. The molecule has 114 valence electrons. The van der Waals surface area contributed by atoms with Crippen LogP contribution in [0.1, 0.15) is 30.2 Å². The van der Waals surface area contributed by atoms with E-state index in [9.17, 15) is 4.79 Å². The molecule has 7 nitrogen and oxygen atoms in total. The summed E-state index contributed by atoms with van der Waals surface area (Å²) in [6.45, 7) is 3.80. The summed E-state index contributed by atoms with van der Waals surface area (Å²) in [5, 5.41) is 6.95. The number of hydrogen-bond donors (Lipinski definition) is 2. The number of nitrogens with one attached hydrogen (secondary N) is 2. The molecular formula is C15H18N6O. The van der Waals surface area contributed by atoms with Gasteiger partial charge in [-0.2, -0.15) is 5.10 Å². The van der Waals surface area contributed by atoms with Crippen LogP contribution in [0.2, 0.25) is 0 Å². The molecule has 3 rings (SSSR count). The van der Waals surface area contributed by atoms with Gasteiger partial charge in [-0.05, 0) is 31.5 Å². The van der Waals surface area contributed by atoms with E-state index in [4.69, 9.17) is 0 Å². The monoisotopic (exact) mass is 298 g/mol. The van der Waals surface area contributed by atoms with Gasteiger partial charge in [0.15, 0.2) is 0 Å². The number of rotatable bonds is 4. The summed E-state index contributed by atoms with van der Waals surface area (Å²) in [5.41, 5.74) is 2.80. The minimum absolute atomic E-state index is 0.0499. The molecule has 0 aliphatic heterocycles. The van der Waals surface area contributed by atoms with Crippen molar-refractivity contribution in [2.45, 2.75) is 26.3 Å².